The van der Waals surface area contributed by atoms with Gasteiger partial charge in [0.2, 0.25) is 0 Å². The summed E-state index contributed by atoms with van der Waals surface area (Å²) < 4.78 is 30.0. The maximum Gasteiger partial charge on any atom is 0.338 e. The Kier molecular flexibility index (Phi) is 3.71. The standard InChI is InChI=1S/C10H11F2NO2/c1-3-15-10(14)7-4-5-13-6(2)8(7)9(11)12/h4-5,9H,3H2,1-2H3. The highest BCUT2D eigenvalue weighted by Gasteiger charge is 2.21. The van der Waals surface area contributed by atoms with Gasteiger partial charge in [-0.3, -0.25) is 4.98 Å². The minimum Gasteiger partial charge on any atom is -0.462 e. The van der Waals surface area contributed by atoms with Crippen LogP contribution in [0.2, 0.25) is 0 Å². The molecule has 3 nitrogen and oxygen atoms in total. The van der Waals surface area contributed by atoms with Crippen molar-refractivity contribution < 1.29 is 18.3 Å². The van der Waals surface area contributed by atoms with Gasteiger partial charge in [0, 0.05) is 11.9 Å². The zero-order valence-electron chi connectivity index (χ0n) is 8.46. The summed E-state index contributed by atoms with van der Waals surface area (Å²) in [7, 11) is 0. The van der Waals surface area contributed by atoms with Gasteiger partial charge >= 0.3 is 5.97 Å². The zero-order chi connectivity index (χ0) is 11.4. The van der Waals surface area contributed by atoms with Gasteiger partial charge in [0.1, 0.15) is 0 Å². The summed E-state index contributed by atoms with van der Waals surface area (Å²) in [5.41, 5.74) is -0.314. The molecule has 0 aromatic carbocycles. The fourth-order valence-electron chi connectivity index (χ4n) is 1.24. The van der Waals surface area contributed by atoms with Gasteiger partial charge in [0.05, 0.1) is 17.7 Å². The largest absolute Gasteiger partial charge is 0.462 e. The molecule has 0 saturated heterocycles. The van der Waals surface area contributed by atoms with Crippen LogP contribution in [-0.2, 0) is 4.74 Å². The SMILES string of the molecule is CCOC(=O)c1ccnc(C)c1C(F)F. The van der Waals surface area contributed by atoms with Crippen LogP contribution in [0.5, 0.6) is 0 Å². The molecule has 0 saturated carbocycles. The molecular weight excluding hydrogens is 204 g/mol. The molecule has 0 aliphatic carbocycles. The van der Waals surface area contributed by atoms with Crippen LogP contribution >= 0.6 is 0 Å². The second-order valence-corrected chi connectivity index (χ2v) is 2.88. The molecule has 15 heavy (non-hydrogen) atoms. The third kappa shape index (κ3) is 2.49. The van der Waals surface area contributed by atoms with Crippen molar-refractivity contribution in [1.82, 2.24) is 4.98 Å². The lowest BCUT2D eigenvalue weighted by molar-refractivity contribution is 0.0514. The molecule has 1 heterocycles. The van der Waals surface area contributed by atoms with Crippen LogP contribution in [0.15, 0.2) is 12.3 Å². The van der Waals surface area contributed by atoms with Crippen molar-refractivity contribution in [3.05, 3.63) is 29.1 Å². The average Bonchev–Trinajstić information content (AvgIpc) is 2.17. The lowest BCUT2D eigenvalue weighted by Crippen LogP contribution is -2.10. The van der Waals surface area contributed by atoms with E-state index in [1.54, 1.807) is 6.92 Å². The molecule has 82 valence electrons. The molecule has 5 heteroatoms. The molecule has 0 N–H and O–H groups in total. The molecule has 1 rings (SSSR count). The Morgan fingerprint density at radius 3 is 2.80 bits per heavy atom. The second kappa shape index (κ2) is 4.82. The molecule has 1 aromatic rings. The molecule has 0 amide bonds. The average molecular weight is 215 g/mol. The molecule has 0 radical (unpaired) electrons. The van der Waals surface area contributed by atoms with Crippen LogP contribution < -0.4 is 0 Å². The van der Waals surface area contributed by atoms with Crippen LogP contribution in [0.4, 0.5) is 8.78 Å². The smallest absolute Gasteiger partial charge is 0.338 e. The predicted molar refractivity (Wildman–Crippen MR) is 49.9 cm³/mol. The maximum atomic E-state index is 12.6. The minimum atomic E-state index is -2.72. The highest BCUT2D eigenvalue weighted by molar-refractivity contribution is 5.91. The molecule has 0 atom stereocenters. The van der Waals surface area contributed by atoms with E-state index in [2.05, 4.69) is 9.72 Å². The summed E-state index contributed by atoms with van der Waals surface area (Å²) in [5.74, 6) is -0.738. The molecule has 0 aliphatic rings. The van der Waals surface area contributed by atoms with Crippen LogP contribution in [0.25, 0.3) is 0 Å². The molecule has 0 fully saturated rings. The number of aryl methyl sites for hydroxylation is 1. The van der Waals surface area contributed by atoms with Crippen molar-refractivity contribution in [1.29, 1.82) is 0 Å². The third-order valence-corrected chi connectivity index (χ3v) is 1.90. The quantitative estimate of drug-likeness (QED) is 0.727. The van der Waals surface area contributed by atoms with Crippen molar-refractivity contribution in [2.45, 2.75) is 20.3 Å². The Morgan fingerprint density at radius 2 is 2.27 bits per heavy atom. The fourth-order valence-corrected chi connectivity index (χ4v) is 1.24. The van der Waals surface area contributed by atoms with E-state index >= 15 is 0 Å². The van der Waals surface area contributed by atoms with E-state index in [4.69, 9.17) is 0 Å². The summed E-state index contributed by atoms with van der Waals surface area (Å²) in [4.78, 5) is 15.1. The minimum absolute atomic E-state index is 0.112. The Hall–Kier alpha value is -1.52. The molecule has 0 spiro atoms. The van der Waals surface area contributed by atoms with Crippen LogP contribution in [-0.4, -0.2) is 17.6 Å². The Labute approximate surface area is 86.1 Å². The van der Waals surface area contributed by atoms with E-state index < -0.39 is 12.4 Å². The van der Waals surface area contributed by atoms with Gasteiger partial charge < -0.3 is 4.74 Å². The predicted octanol–water partition coefficient (Wildman–Crippen LogP) is 2.50. The lowest BCUT2D eigenvalue weighted by atomic mass is 10.1. The first-order valence-electron chi connectivity index (χ1n) is 4.48. The van der Waals surface area contributed by atoms with E-state index in [1.807, 2.05) is 0 Å². The number of aromatic nitrogens is 1. The van der Waals surface area contributed by atoms with Gasteiger partial charge in [-0.1, -0.05) is 0 Å². The second-order valence-electron chi connectivity index (χ2n) is 2.88. The fraction of sp³-hybridized carbons (Fsp3) is 0.400. The number of nitrogens with zero attached hydrogens (tertiary/aromatic N) is 1. The van der Waals surface area contributed by atoms with E-state index in [0.717, 1.165) is 0 Å². The summed E-state index contributed by atoms with van der Waals surface area (Å²) in [6.07, 6.45) is -1.41. The van der Waals surface area contributed by atoms with Gasteiger partial charge in [0.25, 0.3) is 6.43 Å². The summed E-state index contributed by atoms with van der Waals surface area (Å²) in [6.45, 7) is 3.21. The first kappa shape index (κ1) is 11.6. The van der Waals surface area contributed by atoms with Crippen molar-refractivity contribution in [3.63, 3.8) is 0 Å². The summed E-state index contributed by atoms with van der Waals surface area (Å²) in [6, 6.07) is 1.24. The number of hydrogen-bond acceptors (Lipinski definition) is 3. The Bertz CT molecular complexity index is 366. The monoisotopic (exact) mass is 215 g/mol. The van der Waals surface area contributed by atoms with Gasteiger partial charge in [-0.15, -0.1) is 0 Å². The number of alkyl halides is 2. The van der Waals surface area contributed by atoms with Crippen molar-refractivity contribution in [3.8, 4) is 0 Å². The number of esters is 1. The number of halogens is 2. The lowest BCUT2D eigenvalue weighted by Gasteiger charge is -2.09. The Morgan fingerprint density at radius 1 is 1.60 bits per heavy atom. The number of carbonyl (C=O) groups excluding carboxylic acids is 1. The van der Waals surface area contributed by atoms with E-state index in [1.165, 1.54) is 19.2 Å². The summed E-state index contributed by atoms with van der Waals surface area (Å²) >= 11 is 0. The third-order valence-electron chi connectivity index (χ3n) is 1.90. The molecule has 0 bridgehead atoms. The van der Waals surface area contributed by atoms with Gasteiger partial charge in [0.15, 0.2) is 0 Å². The highest BCUT2D eigenvalue weighted by atomic mass is 19.3. The van der Waals surface area contributed by atoms with E-state index in [0.29, 0.717) is 0 Å². The molecule has 1 aromatic heterocycles. The first-order valence-corrected chi connectivity index (χ1v) is 4.48. The number of ether oxygens (including phenoxy) is 1. The van der Waals surface area contributed by atoms with Crippen LogP contribution in [0, 0.1) is 6.92 Å². The van der Waals surface area contributed by atoms with Crippen molar-refractivity contribution in [2.75, 3.05) is 6.61 Å². The molecule has 0 aliphatic heterocycles. The van der Waals surface area contributed by atoms with E-state index in [9.17, 15) is 13.6 Å². The molecular formula is C10H11F2NO2. The number of hydrogen-bond donors (Lipinski definition) is 0. The van der Waals surface area contributed by atoms with Crippen LogP contribution in [0.3, 0.4) is 0 Å². The van der Waals surface area contributed by atoms with Gasteiger partial charge in [-0.05, 0) is 19.9 Å². The normalized spacial score (nSPS) is 10.5. The van der Waals surface area contributed by atoms with Gasteiger partial charge in [-0.2, -0.15) is 0 Å². The topological polar surface area (TPSA) is 39.2 Å². The molecule has 0 unspecified atom stereocenters. The maximum absolute atomic E-state index is 12.6. The van der Waals surface area contributed by atoms with Crippen molar-refractivity contribution >= 4 is 5.97 Å². The number of pyridine rings is 1. The van der Waals surface area contributed by atoms with Crippen molar-refractivity contribution in [2.24, 2.45) is 0 Å². The van der Waals surface area contributed by atoms with Gasteiger partial charge in [-0.25, -0.2) is 13.6 Å². The van der Waals surface area contributed by atoms with Crippen LogP contribution in [0.1, 0.15) is 35.0 Å². The zero-order valence-corrected chi connectivity index (χ0v) is 8.46. The van der Waals surface area contributed by atoms with E-state index in [-0.39, 0.29) is 23.4 Å². The number of carbonyl (C=O) groups is 1. The summed E-state index contributed by atoms with van der Waals surface area (Å²) in [5, 5.41) is 0. The Balaban J connectivity index is 3.17. The highest BCUT2D eigenvalue weighted by Crippen LogP contribution is 2.25. The first-order chi connectivity index (χ1) is 7.07. The number of rotatable bonds is 3.